The van der Waals surface area contributed by atoms with E-state index in [2.05, 4.69) is 15.1 Å². The van der Waals surface area contributed by atoms with Gasteiger partial charge in [-0.05, 0) is 42.0 Å². The Balaban J connectivity index is 1.95. The van der Waals surface area contributed by atoms with Crippen LogP contribution in [0.3, 0.4) is 0 Å². The number of rotatable bonds is 10. The summed E-state index contributed by atoms with van der Waals surface area (Å²) in [6, 6.07) is 7.80. The Hall–Kier alpha value is -3.41. The SMILES string of the molecule is CS(=O)(=O)NCC(NC(=O)Cn1nc(-c2ccc(Cl)cc2)n(CC(O)C(F)(F)F)c1=O)c1cccc(C(F)(F)F)c1. The van der Waals surface area contributed by atoms with E-state index in [1.807, 2.05) is 0 Å². The van der Waals surface area contributed by atoms with Crippen molar-refractivity contribution in [1.82, 2.24) is 24.4 Å². The highest BCUT2D eigenvalue weighted by Crippen LogP contribution is 2.31. The predicted molar refractivity (Wildman–Crippen MR) is 134 cm³/mol. The lowest BCUT2D eigenvalue weighted by Crippen LogP contribution is -2.41. The monoisotopic (exact) mass is 629 g/mol. The number of hydrogen-bond acceptors (Lipinski definition) is 6. The molecular weight excluding hydrogens is 608 g/mol. The number of aliphatic hydroxyl groups is 1. The number of nitrogens with zero attached hydrogens (tertiary/aromatic N) is 3. The van der Waals surface area contributed by atoms with Crippen LogP contribution in [-0.4, -0.2) is 58.9 Å². The summed E-state index contributed by atoms with van der Waals surface area (Å²) in [7, 11) is -3.85. The van der Waals surface area contributed by atoms with E-state index >= 15 is 0 Å². The van der Waals surface area contributed by atoms with E-state index in [1.54, 1.807) is 0 Å². The van der Waals surface area contributed by atoms with Crippen LogP contribution in [0.1, 0.15) is 17.2 Å². The maximum Gasteiger partial charge on any atom is 0.416 e. The molecule has 41 heavy (non-hydrogen) atoms. The van der Waals surface area contributed by atoms with Crippen LogP contribution in [0.15, 0.2) is 53.3 Å². The first-order chi connectivity index (χ1) is 18.8. The zero-order valence-electron chi connectivity index (χ0n) is 20.9. The maximum atomic E-state index is 13.2. The smallest absolute Gasteiger partial charge is 0.382 e. The van der Waals surface area contributed by atoms with E-state index in [0.717, 1.165) is 18.4 Å². The molecule has 0 aliphatic carbocycles. The van der Waals surface area contributed by atoms with Crippen molar-refractivity contribution in [3.63, 3.8) is 0 Å². The molecule has 0 saturated carbocycles. The fraction of sp³-hybridized carbons (Fsp3) is 0.348. The molecule has 3 rings (SSSR count). The molecule has 0 saturated heterocycles. The number of aromatic nitrogens is 3. The summed E-state index contributed by atoms with van der Waals surface area (Å²) in [5.74, 6) is -1.37. The van der Waals surface area contributed by atoms with Crippen LogP contribution in [0.5, 0.6) is 0 Å². The summed E-state index contributed by atoms with van der Waals surface area (Å²) >= 11 is 5.83. The Kier molecular flexibility index (Phi) is 9.57. The number of amides is 1. The third-order valence-corrected chi connectivity index (χ3v) is 6.50. The van der Waals surface area contributed by atoms with Gasteiger partial charge in [0.25, 0.3) is 0 Å². The standard InChI is InChI=1S/C23H22ClF6N5O5S/c1-41(39,40)31-10-17(14-3-2-4-15(9-14)22(25,26)27)32-19(37)12-35-21(38)34(11-18(36)23(28,29)30)20(33-35)13-5-7-16(24)8-6-13/h2-9,17-18,31,36H,10-12H2,1H3,(H,32,37). The molecule has 1 amide bonds. The fourth-order valence-electron chi connectivity index (χ4n) is 3.59. The molecule has 2 aromatic carbocycles. The summed E-state index contributed by atoms with van der Waals surface area (Å²) in [5, 5.41) is 16.1. The minimum atomic E-state index is -5.08. The second-order valence-electron chi connectivity index (χ2n) is 8.80. The lowest BCUT2D eigenvalue weighted by molar-refractivity contribution is -0.207. The Bertz CT molecular complexity index is 1550. The van der Waals surface area contributed by atoms with Crippen LogP contribution < -0.4 is 15.7 Å². The summed E-state index contributed by atoms with van der Waals surface area (Å²) in [6.07, 6.45) is -12.0. The predicted octanol–water partition coefficient (Wildman–Crippen LogP) is 2.71. The molecule has 0 spiro atoms. The van der Waals surface area contributed by atoms with Crippen LogP contribution >= 0.6 is 11.6 Å². The lowest BCUT2D eigenvalue weighted by Gasteiger charge is -2.20. The van der Waals surface area contributed by atoms with Gasteiger partial charge < -0.3 is 10.4 Å². The summed E-state index contributed by atoms with van der Waals surface area (Å²) in [5.41, 5.74) is -2.28. The maximum absolute atomic E-state index is 13.2. The number of sulfonamides is 1. The van der Waals surface area contributed by atoms with E-state index < -0.39 is 71.3 Å². The minimum absolute atomic E-state index is 0.124. The molecule has 18 heteroatoms. The van der Waals surface area contributed by atoms with Gasteiger partial charge in [0.15, 0.2) is 11.9 Å². The first-order valence-corrected chi connectivity index (χ1v) is 13.7. The molecule has 1 heterocycles. The average molecular weight is 630 g/mol. The normalized spacial score (nSPS) is 14.1. The molecule has 0 fully saturated rings. The van der Waals surface area contributed by atoms with E-state index in [4.69, 9.17) is 11.6 Å². The lowest BCUT2D eigenvalue weighted by atomic mass is 10.0. The Morgan fingerprint density at radius 2 is 1.73 bits per heavy atom. The highest BCUT2D eigenvalue weighted by atomic mass is 35.5. The van der Waals surface area contributed by atoms with E-state index in [0.29, 0.717) is 15.3 Å². The van der Waals surface area contributed by atoms with Crippen molar-refractivity contribution in [2.45, 2.75) is 37.6 Å². The number of nitrogens with one attached hydrogen (secondary N) is 2. The zero-order chi connectivity index (χ0) is 30.8. The Morgan fingerprint density at radius 3 is 2.29 bits per heavy atom. The van der Waals surface area contributed by atoms with Gasteiger partial charge in [0, 0.05) is 17.1 Å². The number of aliphatic hydroxyl groups excluding tert-OH is 1. The number of halogens is 7. The quantitative estimate of drug-likeness (QED) is 0.295. The summed E-state index contributed by atoms with van der Waals surface area (Å²) in [4.78, 5) is 25.8. The van der Waals surface area contributed by atoms with E-state index in [-0.39, 0.29) is 22.0 Å². The van der Waals surface area contributed by atoms with Crippen LogP contribution in [0.25, 0.3) is 11.4 Å². The fourth-order valence-corrected chi connectivity index (χ4v) is 4.19. The van der Waals surface area contributed by atoms with Crippen LogP contribution in [-0.2, 0) is 34.1 Å². The molecule has 3 aromatic rings. The van der Waals surface area contributed by atoms with Crippen LogP contribution in [0, 0.1) is 0 Å². The third kappa shape index (κ3) is 8.79. The number of alkyl halides is 6. The molecule has 1 aromatic heterocycles. The van der Waals surface area contributed by atoms with Crippen molar-refractivity contribution in [3.05, 3.63) is 75.2 Å². The number of benzene rings is 2. The molecular formula is C23H22ClF6N5O5S. The second kappa shape index (κ2) is 12.2. The minimum Gasteiger partial charge on any atom is -0.382 e. The molecule has 3 N–H and O–H groups in total. The number of carbonyl (C=O) groups excluding carboxylic acids is 1. The van der Waals surface area contributed by atoms with E-state index in [1.165, 1.54) is 30.3 Å². The average Bonchev–Trinajstić information content (AvgIpc) is 3.15. The first-order valence-electron chi connectivity index (χ1n) is 11.4. The van der Waals surface area contributed by atoms with Gasteiger partial charge in [-0.15, -0.1) is 5.10 Å². The first kappa shape index (κ1) is 32.1. The molecule has 0 radical (unpaired) electrons. The van der Waals surface area contributed by atoms with Crippen molar-refractivity contribution in [3.8, 4) is 11.4 Å². The van der Waals surface area contributed by atoms with E-state index in [9.17, 15) is 49.5 Å². The van der Waals surface area contributed by atoms with Crippen LogP contribution in [0.4, 0.5) is 26.3 Å². The molecule has 0 bridgehead atoms. The molecule has 224 valence electrons. The summed E-state index contributed by atoms with van der Waals surface area (Å²) in [6.45, 7) is -2.74. The van der Waals surface area contributed by atoms with Crippen molar-refractivity contribution in [1.29, 1.82) is 0 Å². The Morgan fingerprint density at radius 1 is 1.10 bits per heavy atom. The van der Waals surface area contributed by atoms with Gasteiger partial charge in [-0.1, -0.05) is 23.7 Å². The second-order valence-corrected chi connectivity index (χ2v) is 11.1. The van der Waals surface area contributed by atoms with Crippen LogP contribution in [0.2, 0.25) is 5.02 Å². The molecule has 10 nitrogen and oxygen atoms in total. The molecule has 0 aliphatic heterocycles. The van der Waals surface area contributed by atoms with Crippen molar-refractivity contribution in [2.75, 3.05) is 12.8 Å². The van der Waals surface area contributed by atoms with Crippen molar-refractivity contribution < 1.29 is 44.7 Å². The largest absolute Gasteiger partial charge is 0.416 e. The van der Waals surface area contributed by atoms with Gasteiger partial charge in [0.2, 0.25) is 15.9 Å². The number of carbonyl (C=O) groups is 1. The Labute approximate surface area is 233 Å². The number of hydrogen-bond donors (Lipinski definition) is 3. The van der Waals surface area contributed by atoms with Gasteiger partial charge in [-0.25, -0.2) is 22.6 Å². The van der Waals surface area contributed by atoms with Gasteiger partial charge in [-0.3, -0.25) is 9.36 Å². The molecule has 0 aliphatic rings. The van der Waals surface area contributed by atoms with Gasteiger partial charge in [-0.2, -0.15) is 26.3 Å². The zero-order valence-corrected chi connectivity index (χ0v) is 22.4. The third-order valence-electron chi connectivity index (χ3n) is 5.55. The molecule has 2 atom stereocenters. The van der Waals surface area contributed by atoms with Crippen molar-refractivity contribution >= 4 is 27.5 Å². The molecule has 2 unspecified atom stereocenters. The van der Waals surface area contributed by atoms with Gasteiger partial charge >= 0.3 is 18.0 Å². The highest BCUT2D eigenvalue weighted by Gasteiger charge is 2.39. The van der Waals surface area contributed by atoms with Gasteiger partial charge in [0.05, 0.1) is 24.4 Å². The topological polar surface area (TPSA) is 135 Å². The van der Waals surface area contributed by atoms with Crippen molar-refractivity contribution in [2.24, 2.45) is 0 Å². The summed E-state index contributed by atoms with van der Waals surface area (Å²) < 4.78 is 105. The van der Waals surface area contributed by atoms with Gasteiger partial charge in [0.1, 0.15) is 6.54 Å². The highest BCUT2D eigenvalue weighted by molar-refractivity contribution is 7.88.